The Morgan fingerprint density at radius 2 is 1.77 bits per heavy atom. The molecule has 0 N–H and O–H groups in total. The first-order valence-corrected chi connectivity index (χ1v) is 8.16. The number of carbonyl (C=O) groups excluding carboxylic acids is 1. The zero-order chi connectivity index (χ0) is 18.8. The van der Waals surface area contributed by atoms with E-state index >= 15 is 0 Å². The first-order chi connectivity index (χ1) is 12.5. The molecule has 2 aromatic carbocycles. The Kier molecular flexibility index (Phi) is 8.01. The van der Waals surface area contributed by atoms with Crippen molar-refractivity contribution in [3.05, 3.63) is 42.5 Å². The van der Waals surface area contributed by atoms with Crippen molar-refractivity contribution in [3.8, 4) is 5.75 Å². The van der Waals surface area contributed by atoms with Crippen LogP contribution in [0, 0.1) is 0 Å². The maximum atomic E-state index is 13.0. The van der Waals surface area contributed by atoms with Crippen molar-refractivity contribution in [3.63, 3.8) is 0 Å². The Balaban J connectivity index is 1.59. The standard InChI is InChI=1S/C16H16F2O7S/c17-16(18,26-25-24-20)15(19)23-10-8-21-7-9-22-14-6-5-12-3-1-2-4-13(12)11-14/h1-6,11,20H,7-10H2/p-1. The highest BCUT2D eigenvalue weighted by atomic mass is 32.2. The first kappa shape index (κ1) is 20.3. The average Bonchev–Trinajstić information content (AvgIpc) is 2.65. The zero-order valence-corrected chi connectivity index (χ0v) is 14.2. The summed E-state index contributed by atoms with van der Waals surface area (Å²) in [6.07, 6.45) is 0. The van der Waals surface area contributed by atoms with E-state index < -0.39 is 23.3 Å². The summed E-state index contributed by atoms with van der Waals surface area (Å²) in [6.45, 7) is -0.0503. The van der Waals surface area contributed by atoms with E-state index in [0.717, 1.165) is 10.8 Å². The van der Waals surface area contributed by atoms with Gasteiger partial charge in [-0.3, -0.25) is 5.04 Å². The van der Waals surface area contributed by atoms with E-state index in [1.165, 1.54) is 0 Å². The lowest BCUT2D eigenvalue weighted by Crippen LogP contribution is -2.29. The number of rotatable bonds is 11. The lowest BCUT2D eigenvalue weighted by atomic mass is 10.1. The molecular weight excluding hydrogens is 374 g/mol. The molecule has 0 saturated heterocycles. The molecule has 0 heterocycles. The minimum atomic E-state index is -4.05. The van der Waals surface area contributed by atoms with Gasteiger partial charge in [0, 0.05) is 0 Å². The summed E-state index contributed by atoms with van der Waals surface area (Å²) in [5.74, 6) is -1.19. The molecule has 0 amide bonds. The fourth-order valence-electron chi connectivity index (χ4n) is 1.95. The Morgan fingerprint density at radius 1 is 1.04 bits per heavy atom. The SMILES string of the molecule is O=C(OCCOCCOc1ccc2ccccc2c1)C(F)(F)SOO[O-]. The Morgan fingerprint density at radius 3 is 2.54 bits per heavy atom. The van der Waals surface area contributed by atoms with Crippen LogP contribution in [0.1, 0.15) is 0 Å². The maximum absolute atomic E-state index is 13.0. The van der Waals surface area contributed by atoms with E-state index in [0.29, 0.717) is 5.75 Å². The Labute approximate surface area is 151 Å². The van der Waals surface area contributed by atoms with E-state index in [1.807, 2.05) is 42.5 Å². The van der Waals surface area contributed by atoms with Crippen LogP contribution in [0.2, 0.25) is 0 Å². The second-order valence-corrected chi connectivity index (χ2v) is 5.66. The molecule has 2 aromatic rings. The molecule has 0 bridgehead atoms. The smallest absolute Gasteiger partial charge is 0.415 e. The van der Waals surface area contributed by atoms with Crippen LogP contribution in [0.5, 0.6) is 5.75 Å². The number of carbonyl (C=O) groups is 1. The third-order valence-corrected chi connectivity index (χ3v) is 3.58. The van der Waals surface area contributed by atoms with Crippen LogP contribution < -0.4 is 9.99 Å². The van der Waals surface area contributed by atoms with E-state index in [2.05, 4.69) is 14.1 Å². The summed E-state index contributed by atoms with van der Waals surface area (Å²) >= 11 is -0.746. The number of esters is 1. The number of alkyl halides is 2. The third kappa shape index (κ3) is 6.39. The fourth-order valence-corrected chi connectivity index (χ4v) is 2.19. The highest BCUT2D eigenvalue weighted by molar-refractivity contribution is 7.96. The summed E-state index contributed by atoms with van der Waals surface area (Å²) in [4.78, 5) is 11.0. The van der Waals surface area contributed by atoms with Crippen LogP contribution in [0.3, 0.4) is 0 Å². The van der Waals surface area contributed by atoms with Gasteiger partial charge < -0.3 is 19.5 Å². The molecule has 26 heavy (non-hydrogen) atoms. The van der Waals surface area contributed by atoms with Crippen molar-refractivity contribution in [2.75, 3.05) is 26.4 Å². The van der Waals surface area contributed by atoms with Crippen molar-refractivity contribution in [1.29, 1.82) is 0 Å². The summed E-state index contributed by atoms with van der Waals surface area (Å²) in [7, 11) is 0. The van der Waals surface area contributed by atoms with Crippen molar-refractivity contribution < 1.29 is 42.4 Å². The zero-order valence-electron chi connectivity index (χ0n) is 13.4. The molecule has 0 aliphatic heterocycles. The molecule has 7 nitrogen and oxygen atoms in total. The van der Waals surface area contributed by atoms with Gasteiger partial charge >= 0.3 is 11.2 Å². The molecule has 0 radical (unpaired) electrons. The van der Waals surface area contributed by atoms with Crippen LogP contribution in [-0.2, 0) is 23.6 Å². The van der Waals surface area contributed by atoms with Gasteiger partial charge in [-0.1, -0.05) is 30.3 Å². The third-order valence-electron chi connectivity index (χ3n) is 3.08. The van der Waals surface area contributed by atoms with Crippen LogP contribution in [0.4, 0.5) is 8.78 Å². The minimum Gasteiger partial charge on any atom is -0.691 e. The molecule has 0 fully saturated rings. The van der Waals surface area contributed by atoms with Crippen LogP contribution in [-0.4, -0.2) is 37.7 Å². The lowest BCUT2D eigenvalue weighted by molar-refractivity contribution is -0.777. The quantitative estimate of drug-likeness (QED) is 0.190. The van der Waals surface area contributed by atoms with E-state index in [4.69, 9.17) is 9.47 Å². The molecule has 10 heteroatoms. The summed E-state index contributed by atoms with van der Waals surface area (Å²) in [5.41, 5.74) is 0. The molecule has 2 rings (SSSR count). The predicted molar refractivity (Wildman–Crippen MR) is 85.9 cm³/mol. The van der Waals surface area contributed by atoms with Gasteiger partial charge in [-0.2, -0.15) is 13.1 Å². The van der Waals surface area contributed by atoms with E-state index in [-0.39, 0.29) is 26.4 Å². The van der Waals surface area contributed by atoms with Crippen LogP contribution >= 0.6 is 12.0 Å². The van der Waals surface area contributed by atoms with Crippen LogP contribution in [0.25, 0.3) is 10.8 Å². The van der Waals surface area contributed by atoms with Crippen molar-refractivity contribution in [2.45, 2.75) is 5.25 Å². The van der Waals surface area contributed by atoms with Crippen LogP contribution in [0.15, 0.2) is 42.5 Å². The molecule has 0 unspecified atom stereocenters. The molecule has 0 aliphatic rings. The van der Waals surface area contributed by atoms with Crippen molar-refractivity contribution in [1.82, 2.24) is 0 Å². The van der Waals surface area contributed by atoms with E-state index in [9.17, 15) is 18.8 Å². The molecule has 0 aromatic heterocycles. The molecule has 0 spiro atoms. The Hall–Kier alpha value is -1.98. The molecule has 0 atom stereocenters. The number of halogens is 2. The van der Waals surface area contributed by atoms with Gasteiger partial charge in [-0.25, -0.2) is 4.79 Å². The van der Waals surface area contributed by atoms with Gasteiger partial charge in [-0.05, 0) is 22.9 Å². The van der Waals surface area contributed by atoms with E-state index in [1.54, 1.807) is 0 Å². The lowest BCUT2D eigenvalue weighted by Gasteiger charge is -2.14. The maximum Gasteiger partial charge on any atom is 0.415 e. The first-order valence-electron chi connectivity index (χ1n) is 7.41. The molecule has 0 saturated carbocycles. The number of benzene rings is 2. The minimum absolute atomic E-state index is 0.0908. The molecular formula is C16H15F2O7S-. The predicted octanol–water partition coefficient (Wildman–Crippen LogP) is 2.24. The number of hydrogen-bond acceptors (Lipinski definition) is 8. The summed E-state index contributed by atoms with van der Waals surface area (Å²) in [5, 5.41) is 10.3. The van der Waals surface area contributed by atoms with Gasteiger partial charge in [0.25, 0.3) is 0 Å². The highest BCUT2D eigenvalue weighted by Crippen LogP contribution is 2.30. The second kappa shape index (κ2) is 10.2. The van der Waals surface area contributed by atoms with Gasteiger partial charge in [-0.15, -0.1) is 0 Å². The second-order valence-electron chi connectivity index (χ2n) is 4.84. The fraction of sp³-hybridized carbons (Fsp3) is 0.312. The monoisotopic (exact) mass is 389 g/mol. The molecule has 142 valence electrons. The summed E-state index contributed by atoms with van der Waals surface area (Å²) in [6, 6.07) is 13.5. The Bertz CT molecular complexity index is 714. The van der Waals surface area contributed by atoms with Gasteiger partial charge in [0.05, 0.1) is 13.2 Å². The van der Waals surface area contributed by atoms with Gasteiger partial charge in [0.1, 0.15) is 31.0 Å². The molecule has 0 aliphatic carbocycles. The number of hydrogen-bond donors (Lipinski definition) is 0. The average molecular weight is 389 g/mol. The highest BCUT2D eigenvalue weighted by Gasteiger charge is 2.43. The van der Waals surface area contributed by atoms with Gasteiger partial charge in [0.15, 0.2) is 0 Å². The number of fused-ring (bicyclic) bond motifs is 1. The normalized spacial score (nSPS) is 11.5. The summed E-state index contributed by atoms with van der Waals surface area (Å²) < 4.78 is 44.4. The van der Waals surface area contributed by atoms with Crippen molar-refractivity contribution in [2.24, 2.45) is 0 Å². The topological polar surface area (TPSA) is 86.3 Å². The number of ether oxygens (including phenoxy) is 3. The largest absolute Gasteiger partial charge is 0.691 e. The van der Waals surface area contributed by atoms with Crippen molar-refractivity contribution >= 4 is 28.8 Å². The van der Waals surface area contributed by atoms with Gasteiger partial charge in [0.2, 0.25) is 0 Å².